The molecule has 0 spiro atoms. The van der Waals surface area contributed by atoms with Crippen molar-refractivity contribution in [3.05, 3.63) is 23.9 Å². The fraction of sp³-hybridized carbons (Fsp3) is 0.667. The summed E-state index contributed by atoms with van der Waals surface area (Å²) in [6, 6.07) is 4.17. The number of aromatic nitrogens is 1. The van der Waals surface area contributed by atoms with E-state index < -0.39 is 0 Å². The second-order valence-corrected chi connectivity index (χ2v) is 6.58. The number of hydrogen-bond donors (Lipinski definition) is 2. The van der Waals surface area contributed by atoms with Gasteiger partial charge in [-0.1, -0.05) is 40.7 Å². The highest BCUT2D eigenvalue weighted by atomic mass is 15.1. The van der Waals surface area contributed by atoms with Crippen molar-refractivity contribution >= 4 is 5.82 Å². The van der Waals surface area contributed by atoms with Crippen LogP contribution in [0.3, 0.4) is 0 Å². The summed E-state index contributed by atoms with van der Waals surface area (Å²) < 4.78 is 0. The van der Waals surface area contributed by atoms with Crippen LogP contribution in [-0.4, -0.2) is 17.1 Å². The van der Waals surface area contributed by atoms with Gasteiger partial charge in [-0.15, -0.1) is 0 Å². The maximum absolute atomic E-state index is 5.86. The van der Waals surface area contributed by atoms with E-state index in [0.717, 1.165) is 5.82 Å². The Morgan fingerprint density at radius 3 is 2.17 bits per heavy atom. The van der Waals surface area contributed by atoms with Crippen LogP contribution in [0.2, 0.25) is 0 Å². The average molecular weight is 249 g/mol. The van der Waals surface area contributed by atoms with Gasteiger partial charge >= 0.3 is 0 Å². The molecule has 0 saturated heterocycles. The molecule has 3 nitrogen and oxygen atoms in total. The van der Waals surface area contributed by atoms with Crippen LogP contribution in [0, 0.1) is 5.92 Å². The summed E-state index contributed by atoms with van der Waals surface area (Å²) in [5.74, 6) is 1.34. The van der Waals surface area contributed by atoms with Crippen LogP contribution in [0.4, 0.5) is 5.82 Å². The second-order valence-electron chi connectivity index (χ2n) is 6.58. The zero-order valence-corrected chi connectivity index (χ0v) is 12.5. The molecule has 0 saturated carbocycles. The molecule has 1 aromatic rings. The number of anilines is 1. The van der Waals surface area contributed by atoms with E-state index in [1.165, 1.54) is 5.56 Å². The number of hydrogen-bond acceptors (Lipinski definition) is 3. The van der Waals surface area contributed by atoms with Gasteiger partial charge in [0.15, 0.2) is 0 Å². The molecule has 102 valence electrons. The topological polar surface area (TPSA) is 50.9 Å². The lowest BCUT2D eigenvalue weighted by molar-refractivity contribution is 0.381. The van der Waals surface area contributed by atoms with Gasteiger partial charge in [-0.2, -0.15) is 0 Å². The summed E-state index contributed by atoms with van der Waals surface area (Å²) in [6.07, 6.45) is 1.94. The van der Waals surface area contributed by atoms with Gasteiger partial charge in [-0.3, -0.25) is 0 Å². The highest BCUT2D eigenvalue weighted by Gasteiger charge is 2.26. The Bertz CT molecular complexity index is 376. The Morgan fingerprint density at radius 2 is 1.83 bits per heavy atom. The van der Waals surface area contributed by atoms with E-state index in [4.69, 9.17) is 5.73 Å². The fourth-order valence-corrected chi connectivity index (χ4v) is 1.64. The van der Waals surface area contributed by atoms with Crippen molar-refractivity contribution in [3.8, 4) is 0 Å². The third-order valence-corrected chi connectivity index (χ3v) is 3.74. The Hall–Kier alpha value is -1.09. The first kappa shape index (κ1) is 15.0. The summed E-state index contributed by atoms with van der Waals surface area (Å²) in [6.45, 7) is 13.6. The predicted octanol–water partition coefficient (Wildman–Crippen LogP) is 3.16. The highest BCUT2D eigenvalue weighted by Crippen LogP contribution is 2.24. The third-order valence-electron chi connectivity index (χ3n) is 3.74. The molecule has 1 atom stereocenters. The van der Waals surface area contributed by atoms with Crippen LogP contribution in [0.25, 0.3) is 0 Å². The lowest BCUT2D eigenvalue weighted by Crippen LogP contribution is -2.47. The van der Waals surface area contributed by atoms with Gasteiger partial charge < -0.3 is 11.1 Å². The van der Waals surface area contributed by atoms with Gasteiger partial charge in [0.05, 0.1) is 5.54 Å². The van der Waals surface area contributed by atoms with Crippen molar-refractivity contribution in [2.75, 3.05) is 11.9 Å². The van der Waals surface area contributed by atoms with Gasteiger partial charge in [-0.25, -0.2) is 4.98 Å². The fourth-order valence-electron chi connectivity index (χ4n) is 1.64. The van der Waals surface area contributed by atoms with Crippen LogP contribution in [0.15, 0.2) is 18.3 Å². The maximum Gasteiger partial charge on any atom is 0.126 e. The smallest absolute Gasteiger partial charge is 0.126 e. The number of pyridine rings is 1. The molecule has 0 bridgehead atoms. The molecular weight excluding hydrogens is 222 g/mol. The molecule has 18 heavy (non-hydrogen) atoms. The Morgan fingerprint density at radius 1 is 1.22 bits per heavy atom. The first-order valence-corrected chi connectivity index (χ1v) is 6.64. The minimum Gasteiger partial charge on any atom is -0.363 e. The van der Waals surface area contributed by atoms with Gasteiger partial charge in [0.1, 0.15) is 5.82 Å². The summed E-state index contributed by atoms with van der Waals surface area (Å²) in [5.41, 5.74) is 7.13. The summed E-state index contributed by atoms with van der Waals surface area (Å²) >= 11 is 0. The van der Waals surface area contributed by atoms with Crippen molar-refractivity contribution in [2.24, 2.45) is 11.7 Å². The molecule has 0 radical (unpaired) electrons. The van der Waals surface area contributed by atoms with Gasteiger partial charge in [0, 0.05) is 12.7 Å². The number of rotatable bonds is 4. The molecule has 3 N–H and O–H groups in total. The number of nitrogens with one attached hydrogen (secondary N) is 1. The van der Waals surface area contributed by atoms with Gasteiger partial charge in [-0.05, 0) is 29.9 Å². The molecule has 0 amide bonds. The van der Waals surface area contributed by atoms with Gasteiger partial charge in [0.2, 0.25) is 0 Å². The van der Waals surface area contributed by atoms with Crippen molar-refractivity contribution in [3.63, 3.8) is 0 Å². The number of nitrogens with zero attached hydrogens (tertiary/aromatic N) is 1. The molecule has 1 aromatic heterocycles. The van der Waals surface area contributed by atoms with Crippen LogP contribution in [0.1, 0.15) is 47.1 Å². The Balaban J connectivity index is 2.87. The zero-order chi connectivity index (χ0) is 14.0. The average Bonchev–Trinajstić information content (AvgIpc) is 2.28. The Labute approximate surface area is 111 Å². The predicted molar refractivity (Wildman–Crippen MR) is 78.9 cm³/mol. The molecule has 0 aliphatic heterocycles. The van der Waals surface area contributed by atoms with Crippen molar-refractivity contribution < 1.29 is 0 Å². The van der Waals surface area contributed by atoms with E-state index >= 15 is 0 Å². The van der Waals surface area contributed by atoms with Crippen LogP contribution in [0.5, 0.6) is 0 Å². The zero-order valence-electron chi connectivity index (χ0n) is 12.5. The standard InChI is InChI=1S/C15H27N3/c1-11(2)15(6,10-16)18-13-8-7-12(9-17-13)14(3,4)5/h7-9,11H,10,16H2,1-6H3,(H,17,18). The molecule has 0 aromatic carbocycles. The van der Waals surface area contributed by atoms with Gasteiger partial charge in [0.25, 0.3) is 0 Å². The van der Waals surface area contributed by atoms with E-state index in [9.17, 15) is 0 Å². The Kier molecular flexibility index (Phi) is 4.38. The first-order chi connectivity index (χ1) is 8.19. The molecule has 1 unspecified atom stereocenters. The summed E-state index contributed by atoms with van der Waals surface area (Å²) in [4.78, 5) is 4.49. The van der Waals surface area contributed by atoms with E-state index in [0.29, 0.717) is 12.5 Å². The van der Waals surface area contributed by atoms with E-state index in [2.05, 4.69) is 57.9 Å². The van der Waals surface area contributed by atoms with Crippen LogP contribution >= 0.6 is 0 Å². The molecule has 1 heterocycles. The molecule has 0 fully saturated rings. The van der Waals surface area contributed by atoms with Crippen LogP contribution < -0.4 is 11.1 Å². The lowest BCUT2D eigenvalue weighted by Gasteiger charge is -2.34. The van der Waals surface area contributed by atoms with E-state index in [1.54, 1.807) is 0 Å². The normalized spacial score (nSPS) is 15.6. The largest absolute Gasteiger partial charge is 0.363 e. The maximum atomic E-state index is 5.86. The minimum absolute atomic E-state index is 0.115. The summed E-state index contributed by atoms with van der Waals surface area (Å²) in [7, 11) is 0. The molecule has 3 heteroatoms. The van der Waals surface area contributed by atoms with Crippen LogP contribution in [-0.2, 0) is 5.41 Å². The molecule has 0 aliphatic rings. The second kappa shape index (κ2) is 5.27. The quantitative estimate of drug-likeness (QED) is 0.861. The lowest BCUT2D eigenvalue weighted by atomic mass is 9.87. The first-order valence-electron chi connectivity index (χ1n) is 6.64. The van der Waals surface area contributed by atoms with Crippen molar-refractivity contribution in [2.45, 2.75) is 52.5 Å². The molecular formula is C15H27N3. The molecule has 1 rings (SSSR count). The number of nitrogens with two attached hydrogens (primary N) is 1. The molecule has 0 aliphatic carbocycles. The van der Waals surface area contributed by atoms with Crippen molar-refractivity contribution in [1.29, 1.82) is 0 Å². The summed E-state index contributed by atoms with van der Waals surface area (Å²) in [5, 5.41) is 3.45. The van der Waals surface area contributed by atoms with E-state index in [1.807, 2.05) is 12.3 Å². The van der Waals surface area contributed by atoms with Crippen molar-refractivity contribution in [1.82, 2.24) is 4.98 Å². The SMILES string of the molecule is CC(C)C(C)(CN)Nc1ccc(C(C)(C)C)cn1. The van der Waals surface area contributed by atoms with E-state index in [-0.39, 0.29) is 11.0 Å². The third kappa shape index (κ3) is 3.45. The minimum atomic E-state index is -0.115. The monoisotopic (exact) mass is 249 g/mol. The highest BCUT2D eigenvalue weighted by molar-refractivity contribution is 5.40.